The van der Waals surface area contributed by atoms with Gasteiger partial charge in [-0.2, -0.15) is 0 Å². The van der Waals surface area contributed by atoms with E-state index in [4.69, 9.17) is 4.74 Å². The van der Waals surface area contributed by atoms with E-state index < -0.39 is 0 Å². The molecule has 0 radical (unpaired) electrons. The van der Waals surface area contributed by atoms with Crippen LogP contribution in [0, 0.1) is 0 Å². The van der Waals surface area contributed by atoms with E-state index in [9.17, 15) is 9.59 Å². The SMILES string of the molecule is COCC(=O)N1CCN(C(C)C(=O)N2CCCC2)CC1. The van der Waals surface area contributed by atoms with E-state index >= 15 is 0 Å². The van der Waals surface area contributed by atoms with Crippen LogP contribution in [-0.2, 0) is 14.3 Å². The maximum Gasteiger partial charge on any atom is 0.248 e. The Morgan fingerprint density at radius 3 is 2.15 bits per heavy atom. The number of ether oxygens (including phenoxy) is 1. The number of carbonyl (C=O) groups excluding carboxylic acids is 2. The predicted octanol–water partition coefficient (Wildman–Crippen LogP) is -0.212. The van der Waals surface area contributed by atoms with Crippen molar-refractivity contribution in [1.29, 1.82) is 0 Å². The first-order valence-corrected chi connectivity index (χ1v) is 7.43. The fourth-order valence-electron chi connectivity index (χ4n) is 2.93. The molecule has 2 rings (SSSR count). The molecule has 2 saturated heterocycles. The van der Waals surface area contributed by atoms with Gasteiger partial charge in [0.05, 0.1) is 6.04 Å². The zero-order chi connectivity index (χ0) is 14.5. The van der Waals surface area contributed by atoms with Crippen molar-refractivity contribution in [3.8, 4) is 0 Å². The molecule has 0 aromatic heterocycles. The Morgan fingerprint density at radius 2 is 1.60 bits per heavy atom. The monoisotopic (exact) mass is 283 g/mol. The fraction of sp³-hybridized carbons (Fsp3) is 0.857. The molecule has 2 amide bonds. The maximum absolute atomic E-state index is 12.3. The number of likely N-dealkylation sites (tertiary alicyclic amines) is 1. The van der Waals surface area contributed by atoms with E-state index in [-0.39, 0.29) is 24.5 Å². The van der Waals surface area contributed by atoms with Gasteiger partial charge in [0, 0.05) is 46.4 Å². The van der Waals surface area contributed by atoms with Crippen LogP contribution in [0.3, 0.4) is 0 Å². The third kappa shape index (κ3) is 3.49. The van der Waals surface area contributed by atoms with Gasteiger partial charge in [-0.1, -0.05) is 0 Å². The third-order valence-corrected chi connectivity index (χ3v) is 4.26. The van der Waals surface area contributed by atoms with E-state index in [1.165, 1.54) is 7.11 Å². The number of nitrogens with zero attached hydrogens (tertiary/aromatic N) is 3. The minimum absolute atomic E-state index is 0.0330. The first-order chi connectivity index (χ1) is 9.63. The van der Waals surface area contributed by atoms with Crippen LogP contribution in [-0.4, -0.2) is 85.5 Å². The standard InChI is InChI=1S/C14H25N3O3/c1-12(14(19)17-5-3-4-6-17)15-7-9-16(10-8-15)13(18)11-20-2/h12H,3-11H2,1-2H3. The van der Waals surface area contributed by atoms with Crippen molar-refractivity contribution < 1.29 is 14.3 Å². The number of piperazine rings is 1. The topological polar surface area (TPSA) is 53.1 Å². The highest BCUT2D eigenvalue weighted by Gasteiger charge is 2.30. The summed E-state index contributed by atoms with van der Waals surface area (Å²) in [6, 6.07) is -0.0761. The molecule has 2 heterocycles. The first-order valence-electron chi connectivity index (χ1n) is 7.43. The minimum Gasteiger partial charge on any atom is -0.375 e. The lowest BCUT2D eigenvalue weighted by molar-refractivity contribution is -0.139. The second-order valence-electron chi connectivity index (χ2n) is 5.56. The molecule has 0 N–H and O–H groups in total. The van der Waals surface area contributed by atoms with E-state index in [0.29, 0.717) is 13.1 Å². The molecule has 0 saturated carbocycles. The molecule has 0 aromatic rings. The van der Waals surface area contributed by atoms with Crippen LogP contribution in [0.5, 0.6) is 0 Å². The number of methoxy groups -OCH3 is 1. The second-order valence-corrected chi connectivity index (χ2v) is 5.56. The van der Waals surface area contributed by atoms with Crippen LogP contribution < -0.4 is 0 Å². The van der Waals surface area contributed by atoms with Gasteiger partial charge in [-0.05, 0) is 19.8 Å². The molecule has 6 heteroatoms. The summed E-state index contributed by atoms with van der Waals surface area (Å²) in [4.78, 5) is 30.0. The van der Waals surface area contributed by atoms with Gasteiger partial charge in [0.15, 0.2) is 0 Å². The van der Waals surface area contributed by atoms with Gasteiger partial charge < -0.3 is 14.5 Å². The molecule has 114 valence electrons. The molecule has 0 bridgehead atoms. The average molecular weight is 283 g/mol. The molecule has 20 heavy (non-hydrogen) atoms. The lowest BCUT2D eigenvalue weighted by Crippen LogP contribution is -2.55. The van der Waals surface area contributed by atoms with E-state index in [0.717, 1.165) is 39.0 Å². The number of hydrogen-bond donors (Lipinski definition) is 0. The van der Waals surface area contributed by atoms with Crippen LogP contribution in [0.25, 0.3) is 0 Å². The Kier molecular flexibility index (Phi) is 5.37. The van der Waals surface area contributed by atoms with Gasteiger partial charge in [0.1, 0.15) is 6.61 Å². The van der Waals surface area contributed by atoms with Crippen molar-refractivity contribution in [3.63, 3.8) is 0 Å². The zero-order valence-electron chi connectivity index (χ0n) is 12.5. The molecule has 0 aromatic carbocycles. The minimum atomic E-state index is -0.0761. The molecule has 6 nitrogen and oxygen atoms in total. The number of hydrogen-bond acceptors (Lipinski definition) is 4. The smallest absolute Gasteiger partial charge is 0.248 e. The normalized spacial score (nSPS) is 22.1. The van der Waals surface area contributed by atoms with Gasteiger partial charge in [-0.3, -0.25) is 14.5 Å². The van der Waals surface area contributed by atoms with Crippen LogP contribution >= 0.6 is 0 Å². The van der Waals surface area contributed by atoms with Crippen LogP contribution in [0.2, 0.25) is 0 Å². The number of rotatable bonds is 4. The molecule has 2 aliphatic rings. The Bertz CT molecular complexity index is 348. The summed E-state index contributed by atoms with van der Waals surface area (Å²) in [5.41, 5.74) is 0. The predicted molar refractivity (Wildman–Crippen MR) is 75.3 cm³/mol. The summed E-state index contributed by atoms with van der Waals surface area (Å²) >= 11 is 0. The molecule has 0 aliphatic carbocycles. The van der Waals surface area contributed by atoms with Gasteiger partial charge in [-0.25, -0.2) is 0 Å². The highest BCUT2D eigenvalue weighted by Crippen LogP contribution is 2.13. The molecule has 1 atom stereocenters. The number of carbonyl (C=O) groups is 2. The lowest BCUT2D eigenvalue weighted by atomic mass is 10.2. The lowest BCUT2D eigenvalue weighted by Gasteiger charge is -2.38. The Labute approximate surface area is 120 Å². The summed E-state index contributed by atoms with van der Waals surface area (Å²) in [6.45, 7) is 6.80. The third-order valence-electron chi connectivity index (χ3n) is 4.26. The highest BCUT2D eigenvalue weighted by atomic mass is 16.5. The van der Waals surface area contributed by atoms with Crippen molar-refractivity contribution in [2.45, 2.75) is 25.8 Å². The molecular weight excluding hydrogens is 258 g/mol. The quantitative estimate of drug-likeness (QED) is 0.716. The Hall–Kier alpha value is -1.14. The van der Waals surface area contributed by atoms with Crippen molar-refractivity contribution in [2.75, 3.05) is 53.0 Å². The van der Waals surface area contributed by atoms with Crippen molar-refractivity contribution >= 4 is 11.8 Å². The average Bonchev–Trinajstić information content (AvgIpc) is 3.00. The van der Waals surface area contributed by atoms with Gasteiger partial charge >= 0.3 is 0 Å². The summed E-state index contributed by atoms with van der Waals surface area (Å²) in [7, 11) is 1.53. The molecule has 2 aliphatic heterocycles. The van der Waals surface area contributed by atoms with Crippen LogP contribution in [0.4, 0.5) is 0 Å². The highest BCUT2D eigenvalue weighted by molar-refractivity contribution is 5.82. The summed E-state index contributed by atoms with van der Waals surface area (Å²) in [5.74, 6) is 0.268. The van der Waals surface area contributed by atoms with Crippen LogP contribution in [0.1, 0.15) is 19.8 Å². The summed E-state index contributed by atoms with van der Waals surface area (Å²) < 4.78 is 4.87. The molecule has 1 unspecified atom stereocenters. The largest absolute Gasteiger partial charge is 0.375 e. The van der Waals surface area contributed by atoms with Gasteiger partial charge in [0.2, 0.25) is 11.8 Å². The number of amides is 2. The first kappa shape index (κ1) is 15.3. The molecular formula is C14H25N3O3. The maximum atomic E-state index is 12.3. The summed E-state index contributed by atoms with van der Waals surface area (Å²) in [6.07, 6.45) is 2.25. The summed E-state index contributed by atoms with van der Waals surface area (Å²) in [5, 5.41) is 0. The fourth-order valence-corrected chi connectivity index (χ4v) is 2.93. The van der Waals surface area contributed by atoms with E-state index in [1.54, 1.807) is 0 Å². The van der Waals surface area contributed by atoms with E-state index in [1.807, 2.05) is 16.7 Å². The Morgan fingerprint density at radius 1 is 1.00 bits per heavy atom. The molecule has 2 fully saturated rings. The second kappa shape index (κ2) is 7.04. The van der Waals surface area contributed by atoms with Crippen molar-refractivity contribution in [3.05, 3.63) is 0 Å². The Balaban J connectivity index is 1.80. The zero-order valence-corrected chi connectivity index (χ0v) is 12.5. The van der Waals surface area contributed by atoms with Gasteiger partial charge in [-0.15, -0.1) is 0 Å². The van der Waals surface area contributed by atoms with Crippen LogP contribution in [0.15, 0.2) is 0 Å². The van der Waals surface area contributed by atoms with Crippen molar-refractivity contribution in [2.24, 2.45) is 0 Å². The molecule has 0 spiro atoms. The van der Waals surface area contributed by atoms with Gasteiger partial charge in [0.25, 0.3) is 0 Å². The van der Waals surface area contributed by atoms with E-state index in [2.05, 4.69) is 4.90 Å². The van der Waals surface area contributed by atoms with Crippen molar-refractivity contribution in [1.82, 2.24) is 14.7 Å².